The minimum absolute atomic E-state index is 0.137. The lowest BCUT2D eigenvalue weighted by molar-refractivity contribution is -0.384. The average molecular weight is 331 g/mol. The Hall–Kier alpha value is -2.49. The number of ether oxygens (including phenoxy) is 1. The Kier molecular flexibility index (Phi) is 5.27. The van der Waals surface area contributed by atoms with Gasteiger partial charge in [0.25, 0.3) is 12.1 Å². The summed E-state index contributed by atoms with van der Waals surface area (Å²) in [5, 5.41) is 22.7. The number of benzene rings is 1. The van der Waals surface area contributed by atoms with Crippen LogP contribution in [0.25, 0.3) is 0 Å². The van der Waals surface area contributed by atoms with E-state index in [2.05, 4.69) is 5.32 Å². The monoisotopic (exact) mass is 331 g/mol. The van der Waals surface area contributed by atoms with Crippen molar-refractivity contribution >= 4 is 23.0 Å². The van der Waals surface area contributed by atoms with E-state index in [0.717, 1.165) is 6.07 Å². The van der Waals surface area contributed by atoms with Crippen LogP contribution in [0.4, 0.5) is 25.8 Å². The largest absolute Gasteiger partial charge is 0.478 e. The number of nitro benzene ring substituents is 1. The zero-order chi connectivity index (χ0) is 17.0. The predicted molar refractivity (Wildman–Crippen MR) is 77.6 cm³/mol. The number of hydrogen-bond donors (Lipinski definition) is 2. The summed E-state index contributed by atoms with van der Waals surface area (Å²) in [4.78, 5) is 23.4. The number of halogens is 2. The Morgan fingerprint density at radius 2 is 2.09 bits per heavy atom. The first kappa shape index (κ1) is 16.9. The summed E-state index contributed by atoms with van der Waals surface area (Å²) < 4.78 is 29.9. The first-order valence-corrected chi connectivity index (χ1v) is 6.80. The van der Waals surface area contributed by atoms with Crippen LogP contribution in [0.5, 0.6) is 0 Å². The zero-order valence-corrected chi connectivity index (χ0v) is 12.0. The standard InChI is InChI=1S/C13H15F2N3O5/c14-12(15)7-16-9-6-10(17-1-3-23-4-2-17)8(13(19)20)5-11(9)18(21)22/h5-6,12,16H,1-4,7H2,(H,19,20). The molecule has 1 fully saturated rings. The first-order valence-electron chi connectivity index (χ1n) is 6.80. The van der Waals surface area contributed by atoms with E-state index >= 15 is 0 Å². The number of alkyl halides is 2. The highest BCUT2D eigenvalue weighted by Gasteiger charge is 2.25. The highest BCUT2D eigenvalue weighted by Crippen LogP contribution is 2.34. The summed E-state index contributed by atoms with van der Waals surface area (Å²) in [6, 6.07) is 2.12. The number of aromatic carboxylic acids is 1. The van der Waals surface area contributed by atoms with Crippen molar-refractivity contribution in [3.05, 3.63) is 27.8 Å². The van der Waals surface area contributed by atoms with Gasteiger partial charge in [0.1, 0.15) is 5.69 Å². The Morgan fingerprint density at radius 3 is 2.61 bits per heavy atom. The van der Waals surface area contributed by atoms with Gasteiger partial charge in [0.2, 0.25) is 0 Å². The second-order valence-corrected chi connectivity index (χ2v) is 4.82. The molecule has 8 nitrogen and oxygen atoms in total. The number of morpholine rings is 1. The molecule has 126 valence electrons. The average Bonchev–Trinajstić information content (AvgIpc) is 2.52. The van der Waals surface area contributed by atoms with E-state index in [4.69, 9.17) is 4.74 Å². The van der Waals surface area contributed by atoms with Crippen LogP contribution in [0.1, 0.15) is 10.4 Å². The Labute approximate surface area is 129 Å². The lowest BCUT2D eigenvalue weighted by Crippen LogP contribution is -2.37. The Bertz CT molecular complexity index is 606. The maximum atomic E-state index is 12.4. The fourth-order valence-corrected chi connectivity index (χ4v) is 2.29. The van der Waals surface area contributed by atoms with E-state index < -0.39 is 29.6 Å². The third-order valence-electron chi connectivity index (χ3n) is 3.34. The highest BCUT2D eigenvalue weighted by molar-refractivity contribution is 5.97. The lowest BCUT2D eigenvalue weighted by Gasteiger charge is -2.30. The van der Waals surface area contributed by atoms with Gasteiger partial charge in [0.05, 0.1) is 35.9 Å². The molecule has 0 unspecified atom stereocenters. The topological polar surface area (TPSA) is 105 Å². The van der Waals surface area contributed by atoms with Crippen LogP contribution >= 0.6 is 0 Å². The van der Waals surface area contributed by atoms with Crippen LogP contribution in [-0.2, 0) is 4.74 Å². The zero-order valence-electron chi connectivity index (χ0n) is 12.0. The van der Waals surface area contributed by atoms with Gasteiger partial charge in [0, 0.05) is 19.2 Å². The molecular formula is C13H15F2N3O5. The van der Waals surface area contributed by atoms with Gasteiger partial charge in [-0.2, -0.15) is 0 Å². The number of carboxylic acids is 1. The molecule has 1 saturated heterocycles. The maximum Gasteiger partial charge on any atom is 0.338 e. The van der Waals surface area contributed by atoms with Gasteiger partial charge in [-0.3, -0.25) is 10.1 Å². The van der Waals surface area contributed by atoms with E-state index in [1.807, 2.05) is 0 Å². The molecule has 1 aromatic carbocycles. The third kappa shape index (κ3) is 4.03. The molecule has 1 aromatic rings. The van der Waals surface area contributed by atoms with Gasteiger partial charge in [-0.1, -0.05) is 0 Å². The molecule has 0 aliphatic carbocycles. The molecule has 23 heavy (non-hydrogen) atoms. The van der Waals surface area contributed by atoms with Crippen molar-refractivity contribution in [1.29, 1.82) is 0 Å². The van der Waals surface area contributed by atoms with E-state index in [1.54, 1.807) is 4.90 Å². The van der Waals surface area contributed by atoms with Crippen LogP contribution in [0, 0.1) is 10.1 Å². The molecule has 0 aromatic heterocycles. The fraction of sp³-hybridized carbons (Fsp3) is 0.462. The maximum absolute atomic E-state index is 12.4. The normalized spacial score (nSPS) is 14.8. The summed E-state index contributed by atoms with van der Waals surface area (Å²) in [7, 11) is 0. The molecular weight excluding hydrogens is 316 g/mol. The van der Waals surface area contributed by atoms with Gasteiger partial charge < -0.3 is 20.1 Å². The number of carboxylic acid groups (broad SMARTS) is 1. The molecule has 2 N–H and O–H groups in total. The second-order valence-electron chi connectivity index (χ2n) is 4.82. The summed E-state index contributed by atoms with van der Waals surface area (Å²) in [6.07, 6.45) is -2.69. The number of nitrogens with zero attached hydrogens (tertiary/aromatic N) is 2. The van der Waals surface area contributed by atoms with Gasteiger partial charge in [-0.25, -0.2) is 13.6 Å². The molecule has 0 amide bonds. The van der Waals surface area contributed by atoms with Gasteiger partial charge in [0.15, 0.2) is 0 Å². The predicted octanol–water partition coefficient (Wildman–Crippen LogP) is 1.81. The van der Waals surface area contributed by atoms with Crippen molar-refractivity contribution in [3.8, 4) is 0 Å². The molecule has 1 aliphatic rings. The molecule has 0 bridgehead atoms. The van der Waals surface area contributed by atoms with Gasteiger partial charge >= 0.3 is 5.97 Å². The SMILES string of the molecule is O=C(O)c1cc([N+](=O)[O-])c(NCC(F)F)cc1N1CCOCC1. The molecule has 0 radical (unpaired) electrons. The molecule has 1 heterocycles. The molecule has 0 atom stereocenters. The number of hydrogen-bond acceptors (Lipinski definition) is 6. The minimum Gasteiger partial charge on any atom is -0.478 e. The van der Waals surface area contributed by atoms with E-state index in [9.17, 15) is 28.8 Å². The van der Waals surface area contributed by atoms with Crippen LogP contribution in [-0.4, -0.2) is 55.3 Å². The van der Waals surface area contributed by atoms with E-state index in [-0.39, 0.29) is 16.9 Å². The minimum atomic E-state index is -2.69. The second kappa shape index (κ2) is 7.18. The quantitative estimate of drug-likeness (QED) is 0.605. The van der Waals surface area contributed by atoms with Crippen LogP contribution in [0.3, 0.4) is 0 Å². The number of anilines is 2. The summed E-state index contributed by atoms with van der Waals surface area (Å²) >= 11 is 0. The van der Waals surface area contributed by atoms with Crippen molar-refractivity contribution in [1.82, 2.24) is 0 Å². The first-order chi connectivity index (χ1) is 10.9. The number of nitrogens with one attached hydrogen (secondary N) is 1. The van der Waals surface area contributed by atoms with Crippen molar-refractivity contribution in [2.24, 2.45) is 0 Å². The molecule has 2 rings (SSSR count). The Balaban J connectivity index is 2.47. The van der Waals surface area contributed by atoms with Gasteiger partial charge in [-0.15, -0.1) is 0 Å². The third-order valence-corrected chi connectivity index (χ3v) is 3.34. The smallest absolute Gasteiger partial charge is 0.338 e. The molecule has 1 aliphatic heterocycles. The lowest BCUT2D eigenvalue weighted by atomic mass is 10.1. The number of rotatable bonds is 6. The van der Waals surface area contributed by atoms with Gasteiger partial charge in [-0.05, 0) is 6.07 Å². The number of nitro groups is 1. The Morgan fingerprint density at radius 1 is 1.43 bits per heavy atom. The fourth-order valence-electron chi connectivity index (χ4n) is 2.29. The summed E-state index contributed by atoms with van der Waals surface area (Å²) in [5.41, 5.74) is -0.703. The van der Waals surface area contributed by atoms with Crippen molar-refractivity contribution in [3.63, 3.8) is 0 Å². The van der Waals surface area contributed by atoms with Crippen molar-refractivity contribution < 1.29 is 28.3 Å². The van der Waals surface area contributed by atoms with Crippen LogP contribution in [0.2, 0.25) is 0 Å². The molecule has 0 spiro atoms. The number of carbonyl (C=O) groups is 1. The van der Waals surface area contributed by atoms with Crippen LogP contribution < -0.4 is 10.2 Å². The van der Waals surface area contributed by atoms with Crippen molar-refractivity contribution in [2.45, 2.75) is 6.43 Å². The molecule has 10 heteroatoms. The van der Waals surface area contributed by atoms with Crippen molar-refractivity contribution in [2.75, 3.05) is 43.1 Å². The van der Waals surface area contributed by atoms with E-state index in [0.29, 0.717) is 26.3 Å². The summed E-state index contributed by atoms with van der Waals surface area (Å²) in [6.45, 7) is 0.820. The summed E-state index contributed by atoms with van der Waals surface area (Å²) in [5.74, 6) is -1.32. The highest BCUT2D eigenvalue weighted by atomic mass is 19.3. The molecule has 0 saturated carbocycles. The van der Waals surface area contributed by atoms with Crippen LogP contribution in [0.15, 0.2) is 12.1 Å². The van der Waals surface area contributed by atoms with E-state index in [1.165, 1.54) is 6.07 Å².